The maximum absolute atomic E-state index is 12.8. The van der Waals surface area contributed by atoms with Crippen LogP contribution in [0.3, 0.4) is 0 Å². The molecule has 0 atom stereocenters. The van der Waals surface area contributed by atoms with Crippen molar-refractivity contribution in [1.29, 1.82) is 0 Å². The second-order valence-electron chi connectivity index (χ2n) is 6.42. The molecule has 30 heavy (non-hydrogen) atoms. The van der Waals surface area contributed by atoms with Gasteiger partial charge in [0.2, 0.25) is 17.5 Å². The number of amides is 2. The summed E-state index contributed by atoms with van der Waals surface area (Å²) in [5.41, 5.74) is 0.505. The molecule has 0 spiro atoms. The second-order valence-corrected chi connectivity index (χ2v) is 6.42. The van der Waals surface area contributed by atoms with Gasteiger partial charge in [-0.25, -0.2) is 9.78 Å². The maximum atomic E-state index is 12.8. The van der Waals surface area contributed by atoms with Crippen molar-refractivity contribution in [2.75, 3.05) is 17.2 Å². The van der Waals surface area contributed by atoms with Crippen LogP contribution in [-0.2, 0) is 20.9 Å². The fourth-order valence-electron chi connectivity index (χ4n) is 2.89. The van der Waals surface area contributed by atoms with Crippen molar-refractivity contribution >= 4 is 40.3 Å². The SMILES string of the molecule is CCOC(=O)c1c(C)oc2ncn(CC(=O)Nc3ccc(NC(C)=O)cc3)c(=O)c12. The Morgan fingerprint density at radius 1 is 1.13 bits per heavy atom. The highest BCUT2D eigenvalue weighted by Gasteiger charge is 2.24. The minimum atomic E-state index is -0.686. The van der Waals surface area contributed by atoms with E-state index in [1.54, 1.807) is 31.2 Å². The third kappa shape index (κ3) is 4.37. The van der Waals surface area contributed by atoms with Crippen molar-refractivity contribution in [3.05, 3.63) is 52.3 Å². The van der Waals surface area contributed by atoms with Gasteiger partial charge in [0.25, 0.3) is 5.56 Å². The summed E-state index contributed by atoms with van der Waals surface area (Å²) in [6.07, 6.45) is 1.18. The van der Waals surface area contributed by atoms with E-state index in [4.69, 9.17) is 9.15 Å². The van der Waals surface area contributed by atoms with Gasteiger partial charge in [-0.05, 0) is 38.1 Å². The van der Waals surface area contributed by atoms with Crippen LogP contribution in [0.4, 0.5) is 11.4 Å². The third-order valence-electron chi connectivity index (χ3n) is 4.14. The lowest BCUT2D eigenvalue weighted by molar-refractivity contribution is -0.117. The number of carbonyl (C=O) groups is 3. The molecule has 156 valence electrons. The molecule has 2 heterocycles. The van der Waals surface area contributed by atoms with Gasteiger partial charge < -0.3 is 19.8 Å². The number of ether oxygens (including phenoxy) is 1. The third-order valence-corrected chi connectivity index (χ3v) is 4.14. The van der Waals surface area contributed by atoms with Gasteiger partial charge in [-0.2, -0.15) is 0 Å². The number of aryl methyl sites for hydroxylation is 1. The van der Waals surface area contributed by atoms with Crippen LogP contribution in [0, 0.1) is 6.92 Å². The van der Waals surface area contributed by atoms with Crippen molar-refractivity contribution in [1.82, 2.24) is 9.55 Å². The first-order valence-electron chi connectivity index (χ1n) is 9.13. The number of hydrogen-bond donors (Lipinski definition) is 2. The minimum absolute atomic E-state index is 0.00534. The first-order valence-corrected chi connectivity index (χ1v) is 9.13. The van der Waals surface area contributed by atoms with Crippen LogP contribution in [0.5, 0.6) is 0 Å². The zero-order valence-corrected chi connectivity index (χ0v) is 16.6. The molecule has 0 fully saturated rings. The van der Waals surface area contributed by atoms with E-state index in [1.807, 2.05) is 0 Å². The van der Waals surface area contributed by atoms with Gasteiger partial charge in [0, 0.05) is 18.3 Å². The smallest absolute Gasteiger partial charge is 0.342 e. The molecule has 10 heteroatoms. The summed E-state index contributed by atoms with van der Waals surface area (Å²) in [5.74, 6) is -1.14. The highest BCUT2D eigenvalue weighted by molar-refractivity contribution is 6.03. The molecule has 0 bridgehead atoms. The van der Waals surface area contributed by atoms with Crippen molar-refractivity contribution in [2.24, 2.45) is 0 Å². The molecule has 10 nitrogen and oxygen atoms in total. The Kier molecular flexibility index (Phi) is 5.95. The average Bonchev–Trinajstić information content (AvgIpc) is 3.02. The lowest BCUT2D eigenvalue weighted by atomic mass is 10.2. The second kappa shape index (κ2) is 8.60. The Morgan fingerprint density at radius 3 is 2.37 bits per heavy atom. The molecule has 0 aliphatic rings. The zero-order chi connectivity index (χ0) is 21.8. The average molecular weight is 412 g/mol. The fraction of sp³-hybridized carbons (Fsp3) is 0.250. The van der Waals surface area contributed by atoms with E-state index in [2.05, 4.69) is 15.6 Å². The number of esters is 1. The van der Waals surface area contributed by atoms with E-state index in [9.17, 15) is 19.2 Å². The maximum Gasteiger partial charge on any atom is 0.342 e. The van der Waals surface area contributed by atoms with Crippen LogP contribution in [0.2, 0.25) is 0 Å². The summed E-state index contributed by atoms with van der Waals surface area (Å²) < 4.78 is 11.5. The quantitative estimate of drug-likeness (QED) is 0.592. The van der Waals surface area contributed by atoms with Gasteiger partial charge >= 0.3 is 5.97 Å². The van der Waals surface area contributed by atoms with Crippen LogP contribution in [0.25, 0.3) is 11.1 Å². The Labute approximate surface area is 170 Å². The van der Waals surface area contributed by atoms with Crippen LogP contribution in [-0.4, -0.2) is 33.9 Å². The van der Waals surface area contributed by atoms with E-state index < -0.39 is 17.4 Å². The summed E-state index contributed by atoms with van der Waals surface area (Å²) in [7, 11) is 0. The minimum Gasteiger partial charge on any atom is -0.462 e. The molecule has 0 unspecified atom stereocenters. The zero-order valence-electron chi connectivity index (χ0n) is 16.6. The van der Waals surface area contributed by atoms with Gasteiger partial charge in [0.15, 0.2) is 0 Å². The van der Waals surface area contributed by atoms with Crippen LogP contribution < -0.4 is 16.2 Å². The van der Waals surface area contributed by atoms with E-state index >= 15 is 0 Å². The number of anilines is 2. The number of nitrogens with one attached hydrogen (secondary N) is 2. The number of nitrogens with zero attached hydrogens (tertiary/aromatic N) is 2. The molecule has 2 aromatic heterocycles. The summed E-state index contributed by atoms with van der Waals surface area (Å²) in [5, 5.41) is 5.25. The Hall–Kier alpha value is -3.95. The number of furan rings is 1. The molecule has 0 saturated heterocycles. The van der Waals surface area contributed by atoms with Crippen molar-refractivity contribution in [3.63, 3.8) is 0 Å². The Balaban J connectivity index is 1.81. The lowest BCUT2D eigenvalue weighted by Gasteiger charge is -2.08. The van der Waals surface area contributed by atoms with Gasteiger partial charge in [-0.1, -0.05) is 0 Å². The molecule has 2 amide bonds. The van der Waals surface area contributed by atoms with Gasteiger partial charge in [-0.15, -0.1) is 0 Å². The molecule has 0 saturated carbocycles. The molecule has 0 radical (unpaired) electrons. The van der Waals surface area contributed by atoms with Crippen LogP contribution in [0.1, 0.15) is 30.0 Å². The number of hydrogen-bond acceptors (Lipinski definition) is 7. The molecular weight excluding hydrogens is 392 g/mol. The van der Waals surface area contributed by atoms with Gasteiger partial charge in [0.1, 0.15) is 29.6 Å². The van der Waals surface area contributed by atoms with Gasteiger partial charge in [-0.3, -0.25) is 19.0 Å². The number of carbonyl (C=O) groups excluding carboxylic acids is 3. The number of aromatic nitrogens is 2. The monoisotopic (exact) mass is 412 g/mol. The van der Waals surface area contributed by atoms with E-state index in [0.29, 0.717) is 11.4 Å². The number of rotatable bonds is 6. The van der Waals surface area contributed by atoms with Crippen molar-refractivity contribution in [2.45, 2.75) is 27.3 Å². The van der Waals surface area contributed by atoms with Crippen molar-refractivity contribution in [3.8, 4) is 0 Å². The lowest BCUT2D eigenvalue weighted by Crippen LogP contribution is -2.28. The van der Waals surface area contributed by atoms with E-state index in [0.717, 1.165) is 4.57 Å². The molecular formula is C20H20N4O6. The molecule has 0 aliphatic carbocycles. The highest BCUT2D eigenvalue weighted by atomic mass is 16.5. The molecule has 3 aromatic rings. The van der Waals surface area contributed by atoms with E-state index in [1.165, 1.54) is 20.2 Å². The molecule has 0 aliphatic heterocycles. The predicted molar refractivity (Wildman–Crippen MR) is 108 cm³/mol. The van der Waals surface area contributed by atoms with Crippen LogP contribution >= 0.6 is 0 Å². The summed E-state index contributed by atoms with van der Waals surface area (Å²) in [6.45, 7) is 4.41. The van der Waals surface area contributed by atoms with Gasteiger partial charge in [0.05, 0.1) is 6.61 Å². The first-order chi connectivity index (χ1) is 14.3. The number of benzene rings is 1. The molecule has 1 aromatic carbocycles. The largest absolute Gasteiger partial charge is 0.462 e. The highest BCUT2D eigenvalue weighted by Crippen LogP contribution is 2.21. The van der Waals surface area contributed by atoms with Crippen molar-refractivity contribution < 1.29 is 23.5 Å². The van der Waals surface area contributed by atoms with E-state index in [-0.39, 0.29) is 41.5 Å². The summed E-state index contributed by atoms with van der Waals surface area (Å²) in [4.78, 5) is 52.5. The fourth-order valence-corrected chi connectivity index (χ4v) is 2.89. The summed E-state index contributed by atoms with van der Waals surface area (Å²) in [6, 6.07) is 6.50. The topological polar surface area (TPSA) is 133 Å². The first kappa shape index (κ1) is 20.8. The molecule has 3 rings (SSSR count). The normalized spacial score (nSPS) is 10.6. The standard InChI is InChI=1S/C20H20N4O6/c1-4-29-20(28)16-11(2)30-18-17(16)19(27)24(10-21-18)9-15(26)23-14-7-5-13(6-8-14)22-12(3)25/h5-8,10H,4,9H2,1-3H3,(H,22,25)(H,23,26). The summed E-state index contributed by atoms with van der Waals surface area (Å²) >= 11 is 0. The Bertz CT molecular complexity index is 1180. The Morgan fingerprint density at radius 2 is 1.77 bits per heavy atom. The predicted octanol–water partition coefficient (Wildman–Crippen LogP) is 2.07. The molecule has 2 N–H and O–H groups in total. The number of fused-ring (bicyclic) bond motifs is 1. The van der Waals surface area contributed by atoms with Crippen LogP contribution in [0.15, 0.2) is 39.8 Å².